The summed E-state index contributed by atoms with van der Waals surface area (Å²) in [5.41, 5.74) is 3.58. The molecule has 7 heteroatoms. The lowest BCUT2D eigenvalue weighted by atomic mass is 9.93. The number of amides is 1. The second-order valence-electron chi connectivity index (χ2n) is 7.60. The zero-order valence-corrected chi connectivity index (χ0v) is 16.9. The van der Waals surface area contributed by atoms with Crippen LogP contribution in [0.15, 0.2) is 54.9 Å². The molecular formula is C23H24FN5O. The number of benzene rings is 1. The molecule has 0 saturated carbocycles. The Morgan fingerprint density at radius 2 is 1.97 bits per heavy atom. The Morgan fingerprint density at radius 3 is 2.73 bits per heavy atom. The first-order chi connectivity index (χ1) is 14.6. The second kappa shape index (κ2) is 8.98. The number of piperidine rings is 1. The van der Waals surface area contributed by atoms with Crippen molar-refractivity contribution < 1.29 is 9.18 Å². The molecule has 4 rings (SSSR count). The topological polar surface area (TPSA) is 71.0 Å². The molecule has 0 radical (unpaired) electrons. The summed E-state index contributed by atoms with van der Waals surface area (Å²) in [6.07, 6.45) is 5.58. The molecule has 0 aliphatic carbocycles. The largest absolute Gasteiger partial charge is 0.342 e. The average Bonchev–Trinajstić information content (AvgIpc) is 2.76. The number of likely N-dealkylation sites (tertiary alicyclic amines) is 1. The molecule has 6 nitrogen and oxygen atoms in total. The third-order valence-corrected chi connectivity index (χ3v) is 5.26. The Balaban J connectivity index is 1.46. The number of carbonyl (C=O) groups excluding carboxylic acids is 1. The number of hydrogen-bond donors (Lipinski definition) is 1. The summed E-state index contributed by atoms with van der Waals surface area (Å²) in [4.78, 5) is 27.8. The van der Waals surface area contributed by atoms with Crippen LogP contribution >= 0.6 is 0 Å². The van der Waals surface area contributed by atoms with Gasteiger partial charge in [0.1, 0.15) is 5.82 Å². The molecule has 1 N–H and O–H groups in total. The summed E-state index contributed by atoms with van der Waals surface area (Å²) in [6, 6.07) is 11.9. The van der Waals surface area contributed by atoms with E-state index in [1.807, 2.05) is 24.0 Å². The van der Waals surface area contributed by atoms with Gasteiger partial charge >= 0.3 is 0 Å². The fourth-order valence-corrected chi connectivity index (χ4v) is 3.80. The lowest BCUT2D eigenvalue weighted by molar-refractivity contribution is -0.131. The van der Waals surface area contributed by atoms with Gasteiger partial charge < -0.3 is 10.2 Å². The predicted molar refractivity (Wildman–Crippen MR) is 113 cm³/mol. The van der Waals surface area contributed by atoms with Crippen LogP contribution in [0.5, 0.6) is 0 Å². The van der Waals surface area contributed by atoms with Gasteiger partial charge in [-0.2, -0.15) is 0 Å². The summed E-state index contributed by atoms with van der Waals surface area (Å²) >= 11 is 0. The first-order valence-corrected chi connectivity index (χ1v) is 10.1. The van der Waals surface area contributed by atoms with Crippen LogP contribution in [0.3, 0.4) is 0 Å². The number of rotatable bonds is 5. The molecule has 1 saturated heterocycles. The highest BCUT2D eigenvalue weighted by atomic mass is 19.1. The fourth-order valence-electron chi connectivity index (χ4n) is 3.80. The monoisotopic (exact) mass is 405 g/mol. The number of pyridine rings is 1. The number of carbonyl (C=O) groups is 1. The molecule has 1 aromatic carbocycles. The van der Waals surface area contributed by atoms with Crippen LogP contribution in [-0.2, 0) is 11.2 Å². The van der Waals surface area contributed by atoms with Crippen molar-refractivity contribution in [1.29, 1.82) is 0 Å². The van der Waals surface area contributed by atoms with Crippen molar-refractivity contribution in [3.05, 3.63) is 77.6 Å². The van der Waals surface area contributed by atoms with E-state index in [-0.39, 0.29) is 24.1 Å². The average molecular weight is 405 g/mol. The van der Waals surface area contributed by atoms with E-state index in [0.29, 0.717) is 12.5 Å². The summed E-state index contributed by atoms with van der Waals surface area (Å²) in [5.74, 6) is 0.483. The molecular weight excluding hydrogens is 381 g/mol. The van der Waals surface area contributed by atoms with Gasteiger partial charge in [0, 0.05) is 48.5 Å². The number of aryl methyl sites for hydroxylation is 1. The summed E-state index contributed by atoms with van der Waals surface area (Å²) < 4.78 is 13.1. The highest BCUT2D eigenvalue weighted by Crippen LogP contribution is 2.28. The van der Waals surface area contributed by atoms with E-state index < -0.39 is 0 Å². The van der Waals surface area contributed by atoms with Crippen LogP contribution < -0.4 is 5.32 Å². The molecule has 3 heterocycles. The minimum atomic E-state index is -0.292. The molecule has 0 bridgehead atoms. The van der Waals surface area contributed by atoms with E-state index in [1.165, 1.54) is 12.1 Å². The first kappa shape index (κ1) is 19.9. The molecule has 154 valence electrons. The quantitative estimate of drug-likeness (QED) is 0.694. The number of anilines is 2. The van der Waals surface area contributed by atoms with Crippen LogP contribution in [0.25, 0.3) is 0 Å². The van der Waals surface area contributed by atoms with E-state index in [2.05, 4.69) is 15.3 Å². The molecule has 0 spiro atoms. The third kappa shape index (κ3) is 4.97. The highest BCUT2D eigenvalue weighted by Gasteiger charge is 2.26. The molecule has 3 aromatic rings. The minimum Gasteiger partial charge on any atom is -0.342 e. The van der Waals surface area contributed by atoms with Crippen LogP contribution in [0.4, 0.5) is 16.0 Å². The highest BCUT2D eigenvalue weighted by molar-refractivity contribution is 5.79. The molecule has 1 atom stereocenters. The minimum absolute atomic E-state index is 0.0648. The number of aromatic nitrogens is 3. The summed E-state index contributed by atoms with van der Waals surface area (Å²) in [5, 5.41) is 3.22. The van der Waals surface area contributed by atoms with E-state index in [1.54, 1.807) is 30.6 Å². The lowest BCUT2D eigenvalue weighted by Gasteiger charge is -2.33. The maximum Gasteiger partial charge on any atom is 0.227 e. The molecule has 1 fully saturated rings. The number of hydrogen-bond acceptors (Lipinski definition) is 5. The fraction of sp³-hybridized carbons (Fsp3) is 0.304. The van der Waals surface area contributed by atoms with Gasteiger partial charge in [0.05, 0.1) is 6.42 Å². The van der Waals surface area contributed by atoms with Gasteiger partial charge in [-0.05, 0) is 55.7 Å². The standard InChI is InChI=1S/C23H24FN5O/c1-16-12-20(28-23-25-9-3-10-26-23)14-21(27-16)18-4-2-11-29(15-18)22(30)13-17-5-7-19(24)8-6-17/h3,5-10,12,14,18H,2,4,11,13,15H2,1H3,(H,25,26,27,28). The second-order valence-corrected chi connectivity index (χ2v) is 7.60. The molecule has 30 heavy (non-hydrogen) atoms. The number of halogens is 1. The summed E-state index contributed by atoms with van der Waals surface area (Å²) in [7, 11) is 0. The normalized spacial score (nSPS) is 16.3. The Kier molecular flexibility index (Phi) is 5.97. The van der Waals surface area contributed by atoms with Crippen molar-refractivity contribution in [2.45, 2.75) is 32.1 Å². The molecule has 1 unspecified atom stereocenters. The molecule has 1 aliphatic rings. The van der Waals surface area contributed by atoms with Gasteiger partial charge in [0.2, 0.25) is 11.9 Å². The zero-order chi connectivity index (χ0) is 20.9. The van der Waals surface area contributed by atoms with E-state index in [9.17, 15) is 9.18 Å². The van der Waals surface area contributed by atoms with Crippen molar-refractivity contribution in [3.63, 3.8) is 0 Å². The van der Waals surface area contributed by atoms with Gasteiger partial charge in [0.25, 0.3) is 0 Å². The first-order valence-electron chi connectivity index (χ1n) is 10.1. The Hall–Kier alpha value is -3.35. The summed E-state index contributed by atoms with van der Waals surface area (Å²) in [6.45, 7) is 3.34. The SMILES string of the molecule is Cc1cc(Nc2ncccn2)cc(C2CCCN(C(=O)Cc3ccc(F)cc3)C2)n1. The molecule has 1 amide bonds. The van der Waals surface area contributed by atoms with Gasteiger partial charge in [-0.25, -0.2) is 14.4 Å². The van der Waals surface area contributed by atoms with Gasteiger partial charge in [-0.15, -0.1) is 0 Å². The van der Waals surface area contributed by atoms with Crippen LogP contribution in [-0.4, -0.2) is 38.8 Å². The van der Waals surface area contributed by atoms with Crippen LogP contribution in [0.1, 0.15) is 35.7 Å². The predicted octanol–water partition coefficient (Wildman–Crippen LogP) is 4.01. The van der Waals surface area contributed by atoms with Gasteiger partial charge in [-0.3, -0.25) is 9.78 Å². The Bertz CT molecular complexity index is 1010. The lowest BCUT2D eigenvalue weighted by Crippen LogP contribution is -2.40. The van der Waals surface area contributed by atoms with Crippen LogP contribution in [0.2, 0.25) is 0 Å². The Labute approximate surface area is 175 Å². The van der Waals surface area contributed by atoms with Crippen LogP contribution in [0, 0.1) is 12.7 Å². The van der Waals surface area contributed by atoms with Crippen molar-refractivity contribution in [3.8, 4) is 0 Å². The zero-order valence-electron chi connectivity index (χ0n) is 16.9. The van der Waals surface area contributed by atoms with Crippen molar-refractivity contribution in [2.24, 2.45) is 0 Å². The van der Waals surface area contributed by atoms with E-state index in [4.69, 9.17) is 4.98 Å². The third-order valence-electron chi connectivity index (χ3n) is 5.26. The van der Waals surface area contributed by atoms with Crippen molar-refractivity contribution >= 4 is 17.5 Å². The maximum absolute atomic E-state index is 13.1. The molecule has 2 aromatic heterocycles. The van der Waals surface area contributed by atoms with Gasteiger partial charge in [0.15, 0.2) is 0 Å². The Morgan fingerprint density at radius 1 is 1.20 bits per heavy atom. The number of nitrogens with zero attached hydrogens (tertiary/aromatic N) is 4. The number of nitrogens with one attached hydrogen (secondary N) is 1. The van der Waals surface area contributed by atoms with Crippen molar-refractivity contribution in [2.75, 3.05) is 18.4 Å². The van der Waals surface area contributed by atoms with Crippen molar-refractivity contribution in [1.82, 2.24) is 19.9 Å². The van der Waals surface area contributed by atoms with E-state index >= 15 is 0 Å². The van der Waals surface area contributed by atoms with E-state index in [0.717, 1.165) is 42.0 Å². The smallest absolute Gasteiger partial charge is 0.227 e. The van der Waals surface area contributed by atoms with Gasteiger partial charge in [-0.1, -0.05) is 12.1 Å². The maximum atomic E-state index is 13.1. The molecule has 1 aliphatic heterocycles.